The van der Waals surface area contributed by atoms with Gasteiger partial charge in [-0.15, -0.1) is 0 Å². The Labute approximate surface area is 91.2 Å². The van der Waals surface area contributed by atoms with E-state index in [1.807, 2.05) is 6.07 Å². The molecule has 2 atom stereocenters. The highest BCUT2D eigenvalue weighted by molar-refractivity contribution is 4.93. The highest BCUT2D eigenvalue weighted by Crippen LogP contribution is 2.26. The van der Waals surface area contributed by atoms with Gasteiger partial charge in [0.05, 0.1) is 12.7 Å². The lowest BCUT2D eigenvalue weighted by Crippen LogP contribution is -2.33. The lowest BCUT2D eigenvalue weighted by molar-refractivity contribution is 0.268. The van der Waals surface area contributed by atoms with Crippen LogP contribution in [-0.4, -0.2) is 11.2 Å². The maximum Gasteiger partial charge on any atom is 0.150 e. The molecule has 0 amide bonds. The summed E-state index contributed by atoms with van der Waals surface area (Å²) in [6.07, 6.45) is 8.44. The summed E-state index contributed by atoms with van der Waals surface area (Å²) in [7, 11) is 0. The molecule has 0 radical (unpaired) electrons. The van der Waals surface area contributed by atoms with Gasteiger partial charge in [0, 0.05) is 12.1 Å². The SMILES string of the molecule is CCC1CCCC(NCc2ccno2)C1. The lowest BCUT2D eigenvalue weighted by atomic mass is 9.84. The van der Waals surface area contributed by atoms with Crippen LogP contribution in [0.15, 0.2) is 16.8 Å². The zero-order valence-electron chi connectivity index (χ0n) is 9.41. The van der Waals surface area contributed by atoms with Gasteiger partial charge in [0.2, 0.25) is 0 Å². The van der Waals surface area contributed by atoms with E-state index in [2.05, 4.69) is 17.4 Å². The summed E-state index contributed by atoms with van der Waals surface area (Å²) in [4.78, 5) is 0. The molecule has 15 heavy (non-hydrogen) atoms. The molecule has 2 rings (SSSR count). The number of rotatable bonds is 4. The highest BCUT2D eigenvalue weighted by atomic mass is 16.5. The minimum atomic E-state index is 0.675. The fourth-order valence-corrected chi connectivity index (χ4v) is 2.43. The van der Waals surface area contributed by atoms with Crippen molar-refractivity contribution < 1.29 is 4.52 Å². The molecule has 3 nitrogen and oxygen atoms in total. The van der Waals surface area contributed by atoms with Gasteiger partial charge in [0.1, 0.15) is 5.76 Å². The van der Waals surface area contributed by atoms with Gasteiger partial charge in [0.25, 0.3) is 0 Å². The van der Waals surface area contributed by atoms with Crippen LogP contribution in [-0.2, 0) is 6.54 Å². The van der Waals surface area contributed by atoms with Gasteiger partial charge >= 0.3 is 0 Å². The van der Waals surface area contributed by atoms with Gasteiger partial charge in [-0.2, -0.15) is 0 Å². The van der Waals surface area contributed by atoms with Crippen molar-refractivity contribution in [1.29, 1.82) is 0 Å². The van der Waals surface area contributed by atoms with Crippen molar-refractivity contribution >= 4 is 0 Å². The summed E-state index contributed by atoms with van der Waals surface area (Å²) < 4.78 is 5.07. The van der Waals surface area contributed by atoms with E-state index in [1.54, 1.807) is 6.20 Å². The van der Waals surface area contributed by atoms with E-state index in [-0.39, 0.29) is 0 Å². The third-order valence-corrected chi connectivity index (χ3v) is 3.42. The van der Waals surface area contributed by atoms with Crippen molar-refractivity contribution in [3.63, 3.8) is 0 Å². The molecule has 84 valence electrons. The van der Waals surface area contributed by atoms with Crippen molar-refractivity contribution in [2.45, 2.75) is 51.6 Å². The number of nitrogens with zero attached hydrogens (tertiary/aromatic N) is 1. The Kier molecular flexibility index (Phi) is 3.78. The van der Waals surface area contributed by atoms with E-state index in [9.17, 15) is 0 Å². The Bertz CT molecular complexity index is 271. The second-order valence-electron chi connectivity index (χ2n) is 4.50. The average molecular weight is 208 g/mol. The lowest BCUT2D eigenvalue weighted by Gasteiger charge is -2.28. The molecule has 0 saturated heterocycles. The number of nitrogens with one attached hydrogen (secondary N) is 1. The first-order valence-corrected chi connectivity index (χ1v) is 6.01. The summed E-state index contributed by atoms with van der Waals surface area (Å²) in [6.45, 7) is 3.12. The van der Waals surface area contributed by atoms with E-state index in [1.165, 1.54) is 32.1 Å². The standard InChI is InChI=1S/C12H20N2O/c1-2-10-4-3-5-11(8-10)13-9-12-6-7-14-15-12/h6-7,10-11,13H,2-5,8-9H2,1H3. The third kappa shape index (κ3) is 3.06. The Balaban J connectivity index is 1.74. The molecule has 0 spiro atoms. The second kappa shape index (κ2) is 5.31. The molecule has 1 saturated carbocycles. The fourth-order valence-electron chi connectivity index (χ4n) is 2.43. The van der Waals surface area contributed by atoms with E-state index in [0.29, 0.717) is 6.04 Å². The maximum atomic E-state index is 5.07. The summed E-state index contributed by atoms with van der Waals surface area (Å²) >= 11 is 0. The summed E-state index contributed by atoms with van der Waals surface area (Å²) in [6, 6.07) is 2.60. The first-order valence-electron chi connectivity index (χ1n) is 6.01. The van der Waals surface area contributed by atoms with Gasteiger partial charge in [-0.3, -0.25) is 0 Å². The Morgan fingerprint density at radius 1 is 1.53 bits per heavy atom. The van der Waals surface area contributed by atoms with E-state index in [4.69, 9.17) is 4.52 Å². The minimum Gasteiger partial charge on any atom is -0.360 e. The smallest absolute Gasteiger partial charge is 0.150 e. The van der Waals surface area contributed by atoms with Crippen LogP contribution in [0.4, 0.5) is 0 Å². The molecule has 0 bridgehead atoms. The summed E-state index contributed by atoms with van der Waals surface area (Å²) in [5.74, 6) is 1.86. The average Bonchev–Trinajstić information content (AvgIpc) is 2.79. The van der Waals surface area contributed by atoms with Crippen LogP contribution in [0.3, 0.4) is 0 Å². The number of aromatic nitrogens is 1. The quantitative estimate of drug-likeness (QED) is 0.826. The Morgan fingerprint density at radius 3 is 3.20 bits per heavy atom. The van der Waals surface area contributed by atoms with Crippen LogP contribution in [0, 0.1) is 5.92 Å². The molecule has 0 aliphatic heterocycles. The van der Waals surface area contributed by atoms with Gasteiger partial charge in [-0.1, -0.05) is 31.3 Å². The zero-order valence-corrected chi connectivity index (χ0v) is 9.41. The molecule has 1 aliphatic carbocycles. The minimum absolute atomic E-state index is 0.675. The second-order valence-corrected chi connectivity index (χ2v) is 4.50. The third-order valence-electron chi connectivity index (χ3n) is 3.42. The van der Waals surface area contributed by atoms with Crippen LogP contribution in [0.2, 0.25) is 0 Å². The predicted molar refractivity (Wildman–Crippen MR) is 59.4 cm³/mol. The van der Waals surface area contributed by atoms with Crippen LogP contribution < -0.4 is 5.32 Å². The van der Waals surface area contributed by atoms with E-state index in [0.717, 1.165) is 18.2 Å². The van der Waals surface area contributed by atoms with Crippen LogP contribution >= 0.6 is 0 Å². The first kappa shape index (κ1) is 10.7. The summed E-state index contributed by atoms with van der Waals surface area (Å²) in [5.41, 5.74) is 0. The largest absolute Gasteiger partial charge is 0.360 e. The molecule has 2 unspecified atom stereocenters. The van der Waals surface area contributed by atoms with Gasteiger partial charge in [-0.25, -0.2) is 0 Å². The zero-order chi connectivity index (χ0) is 10.5. The van der Waals surface area contributed by atoms with Crippen LogP contribution in [0.25, 0.3) is 0 Å². The molecular weight excluding hydrogens is 188 g/mol. The molecule has 1 heterocycles. The molecule has 1 aromatic rings. The molecular formula is C12H20N2O. The van der Waals surface area contributed by atoms with Crippen LogP contribution in [0.1, 0.15) is 44.8 Å². The van der Waals surface area contributed by atoms with Gasteiger partial charge in [-0.05, 0) is 18.8 Å². The normalized spacial score (nSPS) is 26.7. The number of hydrogen-bond acceptors (Lipinski definition) is 3. The molecule has 3 heteroatoms. The van der Waals surface area contributed by atoms with E-state index >= 15 is 0 Å². The monoisotopic (exact) mass is 208 g/mol. The summed E-state index contributed by atoms with van der Waals surface area (Å²) in [5, 5.41) is 7.26. The van der Waals surface area contributed by atoms with Crippen molar-refractivity contribution in [3.8, 4) is 0 Å². The topological polar surface area (TPSA) is 38.1 Å². The number of hydrogen-bond donors (Lipinski definition) is 1. The molecule has 1 fully saturated rings. The highest BCUT2D eigenvalue weighted by Gasteiger charge is 2.20. The molecule has 0 aromatic carbocycles. The Hall–Kier alpha value is -0.830. The van der Waals surface area contributed by atoms with Crippen molar-refractivity contribution in [3.05, 3.63) is 18.0 Å². The van der Waals surface area contributed by atoms with Gasteiger partial charge < -0.3 is 9.84 Å². The van der Waals surface area contributed by atoms with E-state index < -0.39 is 0 Å². The molecule has 1 aliphatic rings. The van der Waals surface area contributed by atoms with Crippen molar-refractivity contribution in [2.24, 2.45) is 5.92 Å². The first-order chi connectivity index (χ1) is 7.38. The Morgan fingerprint density at radius 2 is 2.47 bits per heavy atom. The van der Waals surface area contributed by atoms with Crippen molar-refractivity contribution in [1.82, 2.24) is 10.5 Å². The van der Waals surface area contributed by atoms with Crippen LogP contribution in [0.5, 0.6) is 0 Å². The molecule has 1 aromatic heterocycles. The maximum absolute atomic E-state index is 5.07. The van der Waals surface area contributed by atoms with Crippen molar-refractivity contribution in [2.75, 3.05) is 0 Å². The predicted octanol–water partition coefficient (Wildman–Crippen LogP) is 2.73. The molecule has 1 N–H and O–H groups in total. The van der Waals surface area contributed by atoms with Gasteiger partial charge in [0.15, 0.2) is 0 Å². The fraction of sp³-hybridized carbons (Fsp3) is 0.750.